The van der Waals surface area contributed by atoms with Crippen molar-refractivity contribution in [1.82, 2.24) is 10.3 Å². The summed E-state index contributed by atoms with van der Waals surface area (Å²) in [7, 11) is 0. The number of nitrogens with one attached hydrogen (secondary N) is 1. The van der Waals surface area contributed by atoms with Gasteiger partial charge in [0.1, 0.15) is 11.5 Å². The van der Waals surface area contributed by atoms with Gasteiger partial charge in [-0.05, 0) is 80.6 Å². The van der Waals surface area contributed by atoms with Crippen LogP contribution < -0.4 is 14.9 Å². The molecule has 1 aliphatic rings. The number of likely N-dealkylation sites (tertiary alicyclic amines) is 1. The molecule has 2 aromatic carbocycles. The Labute approximate surface area is 183 Å². The predicted octanol–water partition coefficient (Wildman–Crippen LogP) is 3.22. The van der Waals surface area contributed by atoms with Crippen LogP contribution >= 0.6 is 0 Å². The van der Waals surface area contributed by atoms with Gasteiger partial charge in [0.15, 0.2) is 13.2 Å². The van der Waals surface area contributed by atoms with Gasteiger partial charge in [0.2, 0.25) is 0 Å². The molecule has 164 valence electrons. The van der Waals surface area contributed by atoms with E-state index < -0.39 is 0 Å². The van der Waals surface area contributed by atoms with Crippen LogP contribution in [0.1, 0.15) is 36.5 Å². The standard InChI is InChI=1S/C24H29N3O4/c1-17-6-7-18(2)22(14-17)31-15-23(28)26-25-19(3)20-8-10-21(11-9-20)30-16-24(29)27-12-4-5-13-27/h6-11,14H,4-5,12-13,15-16H2,1-3H3,(H,26,28)/b25-19-. The van der Waals surface area contributed by atoms with Crippen LogP contribution in [0.3, 0.4) is 0 Å². The lowest BCUT2D eigenvalue weighted by atomic mass is 10.1. The third-order valence-electron chi connectivity index (χ3n) is 5.14. The van der Waals surface area contributed by atoms with Crippen molar-refractivity contribution < 1.29 is 19.1 Å². The summed E-state index contributed by atoms with van der Waals surface area (Å²) in [6.07, 6.45) is 2.13. The molecule has 0 radical (unpaired) electrons. The summed E-state index contributed by atoms with van der Waals surface area (Å²) in [5, 5.41) is 4.14. The average Bonchev–Trinajstić information content (AvgIpc) is 3.32. The molecule has 1 N–H and O–H groups in total. The number of aryl methyl sites for hydroxylation is 2. The molecule has 1 saturated heterocycles. The smallest absolute Gasteiger partial charge is 0.277 e. The first kappa shape index (κ1) is 22.3. The number of rotatable bonds is 8. The van der Waals surface area contributed by atoms with Gasteiger partial charge in [-0.3, -0.25) is 9.59 Å². The van der Waals surface area contributed by atoms with E-state index in [-0.39, 0.29) is 25.0 Å². The Hall–Kier alpha value is -3.35. The Bertz CT molecular complexity index is 948. The maximum Gasteiger partial charge on any atom is 0.277 e. The second-order valence-corrected chi connectivity index (χ2v) is 7.69. The Morgan fingerprint density at radius 1 is 1.00 bits per heavy atom. The van der Waals surface area contributed by atoms with Gasteiger partial charge in [0.05, 0.1) is 5.71 Å². The second kappa shape index (κ2) is 10.6. The molecule has 0 atom stereocenters. The highest BCUT2D eigenvalue weighted by molar-refractivity contribution is 5.99. The SMILES string of the molecule is C/C(=N/NC(=O)COc1cc(C)ccc1C)c1ccc(OCC(=O)N2CCCC2)cc1. The maximum absolute atomic E-state index is 12.1. The second-order valence-electron chi connectivity index (χ2n) is 7.69. The molecule has 0 bridgehead atoms. The number of carbonyl (C=O) groups excluding carboxylic acids is 2. The lowest BCUT2D eigenvalue weighted by Gasteiger charge is -2.15. The van der Waals surface area contributed by atoms with E-state index in [4.69, 9.17) is 9.47 Å². The Kier molecular flexibility index (Phi) is 7.65. The first-order chi connectivity index (χ1) is 14.9. The number of hydrogen-bond acceptors (Lipinski definition) is 5. The maximum atomic E-state index is 12.1. The van der Waals surface area contributed by atoms with Crippen LogP contribution in [0.15, 0.2) is 47.6 Å². The third kappa shape index (κ3) is 6.57. The summed E-state index contributed by atoms with van der Waals surface area (Å²) in [5.41, 5.74) is 6.05. The van der Waals surface area contributed by atoms with E-state index >= 15 is 0 Å². The van der Waals surface area contributed by atoms with Gasteiger partial charge in [-0.25, -0.2) is 5.43 Å². The number of carbonyl (C=O) groups is 2. The zero-order valence-corrected chi connectivity index (χ0v) is 18.3. The van der Waals surface area contributed by atoms with E-state index in [9.17, 15) is 9.59 Å². The molecule has 31 heavy (non-hydrogen) atoms. The van der Waals surface area contributed by atoms with Crippen LogP contribution in [0.5, 0.6) is 11.5 Å². The van der Waals surface area contributed by atoms with Gasteiger partial charge in [-0.1, -0.05) is 12.1 Å². The lowest BCUT2D eigenvalue weighted by molar-refractivity contribution is -0.132. The van der Waals surface area contributed by atoms with Crippen LogP contribution in [-0.4, -0.2) is 48.7 Å². The van der Waals surface area contributed by atoms with Crippen molar-refractivity contribution in [3.63, 3.8) is 0 Å². The van der Waals surface area contributed by atoms with E-state index in [1.54, 1.807) is 19.1 Å². The summed E-state index contributed by atoms with van der Waals surface area (Å²) >= 11 is 0. The molecule has 0 unspecified atom stereocenters. The molecule has 0 aliphatic carbocycles. The molecule has 7 nitrogen and oxygen atoms in total. The van der Waals surface area contributed by atoms with Gasteiger partial charge in [0.25, 0.3) is 11.8 Å². The van der Waals surface area contributed by atoms with Crippen LogP contribution in [0.4, 0.5) is 0 Å². The van der Waals surface area contributed by atoms with E-state index in [2.05, 4.69) is 10.5 Å². The van der Waals surface area contributed by atoms with Crippen molar-refractivity contribution in [2.24, 2.45) is 5.10 Å². The van der Waals surface area contributed by atoms with E-state index in [0.29, 0.717) is 17.2 Å². The number of ether oxygens (including phenoxy) is 2. The highest BCUT2D eigenvalue weighted by Gasteiger charge is 2.18. The van der Waals surface area contributed by atoms with Crippen molar-refractivity contribution in [3.05, 3.63) is 59.2 Å². The first-order valence-corrected chi connectivity index (χ1v) is 10.5. The number of hydrazone groups is 1. The molecule has 0 saturated carbocycles. The molecule has 0 spiro atoms. The zero-order chi connectivity index (χ0) is 22.2. The van der Waals surface area contributed by atoms with Gasteiger partial charge in [-0.2, -0.15) is 5.10 Å². The fourth-order valence-corrected chi connectivity index (χ4v) is 3.24. The third-order valence-corrected chi connectivity index (χ3v) is 5.14. The Morgan fingerprint density at radius 3 is 2.42 bits per heavy atom. The Morgan fingerprint density at radius 2 is 1.71 bits per heavy atom. The summed E-state index contributed by atoms with van der Waals surface area (Å²) in [6, 6.07) is 13.1. The molecule has 2 aromatic rings. The van der Waals surface area contributed by atoms with E-state index in [0.717, 1.165) is 42.6 Å². The summed E-state index contributed by atoms with van der Waals surface area (Å²) in [6.45, 7) is 7.28. The number of nitrogens with zero attached hydrogens (tertiary/aromatic N) is 2. The highest BCUT2D eigenvalue weighted by atomic mass is 16.5. The van der Waals surface area contributed by atoms with Gasteiger partial charge in [0, 0.05) is 13.1 Å². The minimum Gasteiger partial charge on any atom is -0.484 e. The van der Waals surface area contributed by atoms with Crippen molar-refractivity contribution in [2.45, 2.75) is 33.6 Å². The van der Waals surface area contributed by atoms with Gasteiger partial charge in [-0.15, -0.1) is 0 Å². The van der Waals surface area contributed by atoms with Gasteiger partial charge < -0.3 is 14.4 Å². The molecule has 1 aliphatic heterocycles. The van der Waals surface area contributed by atoms with Crippen LogP contribution in [0.25, 0.3) is 0 Å². The van der Waals surface area contributed by atoms with E-state index in [1.165, 1.54) is 0 Å². The summed E-state index contributed by atoms with van der Waals surface area (Å²) < 4.78 is 11.2. The van der Waals surface area contributed by atoms with Crippen molar-refractivity contribution in [3.8, 4) is 11.5 Å². The highest BCUT2D eigenvalue weighted by Crippen LogP contribution is 2.19. The van der Waals surface area contributed by atoms with Crippen LogP contribution in [0.2, 0.25) is 0 Å². The average molecular weight is 424 g/mol. The molecule has 1 fully saturated rings. The normalized spacial score (nSPS) is 13.8. The lowest BCUT2D eigenvalue weighted by Crippen LogP contribution is -2.32. The monoisotopic (exact) mass is 423 g/mol. The molecular weight excluding hydrogens is 394 g/mol. The summed E-state index contributed by atoms with van der Waals surface area (Å²) in [4.78, 5) is 25.9. The van der Waals surface area contributed by atoms with Crippen molar-refractivity contribution in [2.75, 3.05) is 26.3 Å². The largest absolute Gasteiger partial charge is 0.484 e. The molecule has 2 amide bonds. The fraction of sp³-hybridized carbons (Fsp3) is 0.375. The van der Waals surface area contributed by atoms with Crippen LogP contribution in [0, 0.1) is 13.8 Å². The molecule has 3 rings (SSSR count). The first-order valence-electron chi connectivity index (χ1n) is 10.5. The topological polar surface area (TPSA) is 80.2 Å². The number of benzene rings is 2. The van der Waals surface area contributed by atoms with E-state index in [1.807, 2.05) is 49.1 Å². The number of hydrogen-bond donors (Lipinski definition) is 1. The van der Waals surface area contributed by atoms with Crippen molar-refractivity contribution in [1.29, 1.82) is 0 Å². The minimum atomic E-state index is -0.333. The number of amides is 2. The van der Waals surface area contributed by atoms with Gasteiger partial charge >= 0.3 is 0 Å². The van der Waals surface area contributed by atoms with Crippen molar-refractivity contribution >= 4 is 17.5 Å². The molecular formula is C24H29N3O4. The predicted molar refractivity (Wildman–Crippen MR) is 120 cm³/mol. The van der Waals surface area contributed by atoms with Crippen LogP contribution in [-0.2, 0) is 9.59 Å². The Balaban J connectivity index is 1.46. The summed E-state index contributed by atoms with van der Waals surface area (Å²) in [5.74, 6) is 0.996. The zero-order valence-electron chi connectivity index (χ0n) is 18.3. The molecule has 1 heterocycles. The molecule has 0 aromatic heterocycles. The molecule has 7 heteroatoms. The quantitative estimate of drug-likeness (QED) is 0.522. The minimum absolute atomic E-state index is 0.0186. The fourth-order valence-electron chi connectivity index (χ4n) is 3.24.